The molecule has 1 heterocycles. The molecule has 0 radical (unpaired) electrons. The van der Waals surface area contributed by atoms with Gasteiger partial charge in [-0.3, -0.25) is 4.90 Å². The van der Waals surface area contributed by atoms with Crippen LogP contribution in [0.2, 0.25) is 0 Å². The van der Waals surface area contributed by atoms with Crippen molar-refractivity contribution in [2.24, 2.45) is 0 Å². The van der Waals surface area contributed by atoms with Crippen molar-refractivity contribution in [2.45, 2.75) is 46.3 Å². The number of hydrogen-bond donors (Lipinski definition) is 1. The first-order valence-electron chi connectivity index (χ1n) is 7.13. The van der Waals surface area contributed by atoms with E-state index in [0.29, 0.717) is 0 Å². The molecule has 1 rings (SSSR count). The van der Waals surface area contributed by atoms with Gasteiger partial charge < -0.3 is 9.73 Å². The third-order valence-corrected chi connectivity index (χ3v) is 3.03. The minimum atomic E-state index is 0.0958. The molecule has 112 valence electrons. The molecule has 0 aromatic carbocycles. The highest BCUT2D eigenvalue weighted by Gasteiger charge is 2.13. The summed E-state index contributed by atoms with van der Waals surface area (Å²) in [4.78, 5) is 2.28. The average Bonchev–Trinajstić information content (AvgIpc) is 2.68. The van der Waals surface area contributed by atoms with Gasteiger partial charge in [0, 0.05) is 30.7 Å². The lowest BCUT2D eigenvalue weighted by atomic mass is 10.1. The number of nitrogens with one attached hydrogen (secondary N) is 1. The van der Waals surface area contributed by atoms with Crippen molar-refractivity contribution in [3.63, 3.8) is 0 Å². The minimum Gasteiger partial charge on any atom is -0.465 e. The van der Waals surface area contributed by atoms with Crippen molar-refractivity contribution in [1.29, 1.82) is 0 Å². The van der Waals surface area contributed by atoms with Gasteiger partial charge in [0.25, 0.3) is 0 Å². The zero-order valence-electron chi connectivity index (χ0n) is 13.3. The van der Waals surface area contributed by atoms with Gasteiger partial charge in [-0.25, -0.2) is 0 Å². The Hall–Kier alpha value is -1.32. The van der Waals surface area contributed by atoms with Gasteiger partial charge in [-0.05, 0) is 33.8 Å². The van der Waals surface area contributed by atoms with Gasteiger partial charge in [-0.15, -0.1) is 13.2 Å². The zero-order valence-corrected chi connectivity index (χ0v) is 13.3. The highest BCUT2D eigenvalue weighted by atomic mass is 16.3. The highest BCUT2D eigenvalue weighted by Crippen LogP contribution is 2.17. The number of aryl methyl sites for hydroxylation is 1. The quantitative estimate of drug-likeness (QED) is 0.735. The smallest absolute Gasteiger partial charge is 0.118 e. The van der Waals surface area contributed by atoms with Crippen molar-refractivity contribution in [1.82, 2.24) is 10.2 Å². The van der Waals surface area contributed by atoms with Crippen LogP contribution in [0.1, 0.15) is 37.9 Å². The average molecular weight is 276 g/mol. The molecule has 0 unspecified atom stereocenters. The van der Waals surface area contributed by atoms with Crippen molar-refractivity contribution in [3.05, 3.63) is 48.5 Å². The Morgan fingerprint density at radius 3 is 2.35 bits per heavy atom. The van der Waals surface area contributed by atoms with Crippen molar-refractivity contribution < 1.29 is 4.42 Å². The van der Waals surface area contributed by atoms with E-state index in [0.717, 1.165) is 37.7 Å². The monoisotopic (exact) mass is 276 g/mol. The normalized spacial score (nSPS) is 11.8. The van der Waals surface area contributed by atoms with E-state index in [1.165, 1.54) is 5.56 Å². The molecule has 0 aliphatic rings. The maximum absolute atomic E-state index is 5.83. The van der Waals surface area contributed by atoms with E-state index in [-0.39, 0.29) is 5.54 Å². The molecule has 0 saturated heterocycles. The first-order valence-corrected chi connectivity index (χ1v) is 7.13. The molecule has 20 heavy (non-hydrogen) atoms. The van der Waals surface area contributed by atoms with Gasteiger partial charge in [0.2, 0.25) is 0 Å². The van der Waals surface area contributed by atoms with Crippen LogP contribution in [-0.4, -0.2) is 23.5 Å². The fourth-order valence-electron chi connectivity index (χ4n) is 1.99. The van der Waals surface area contributed by atoms with Crippen LogP contribution in [0.4, 0.5) is 0 Å². The Morgan fingerprint density at radius 2 is 1.85 bits per heavy atom. The van der Waals surface area contributed by atoms with Crippen LogP contribution >= 0.6 is 0 Å². The van der Waals surface area contributed by atoms with Crippen LogP contribution < -0.4 is 5.32 Å². The molecule has 0 bridgehead atoms. The lowest BCUT2D eigenvalue weighted by Gasteiger charge is -2.19. The second-order valence-corrected chi connectivity index (χ2v) is 6.17. The molecule has 0 aliphatic heterocycles. The minimum absolute atomic E-state index is 0.0958. The van der Waals surface area contributed by atoms with Crippen molar-refractivity contribution >= 4 is 0 Å². The first kappa shape index (κ1) is 16.7. The van der Waals surface area contributed by atoms with Crippen LogP contribution in [0.15, 0.2) is 35.8 Å². The van der Waals surface area contributed by atoms with Crippen LogP contribution in [0.5, 0.6) is 0 Å². The lowest BCUT2D eigenvalue weighted by molar-refractivity contribution is 0.324. The summed E-state index contributed by atoms with van der Waals surface area (Å²) < 4.78 is 5.83. The predicted molar refractivity (Wildman–Crippen MR) is 85.7 cm³/mol. The van der Waals surface area contributed by atoms with Gasteiger partial charge in [0.05, 0.1) is 6.54 Å². The summed E-state index contributed by atoms with van der Waals surface area (Å²) in [5, 5.41) is 3.44. The molecule has 3 nitrogen and oxygen atoms in total. The summed E-state index contributed by atoms with van der Waals surface area (Å²) in [7, 11) is 0. The van der Waals surface area contributed by atoms with Crippen LogP contribution in [-0.2, 0) is 13.1 Å². The summed E-state index contributed by atoms with van der Waals surface area (Å²) in [6, 6.07) is 2.15. The van der Waals surface area contributed by atoms with Crippen molar-refractivity contribution in [2.75, 3.05) is 13.1 Å². The number of nitrogens with zero attached hydrogens (tertiary/aromatic N) is 1. The molecule has 0 spiro atoms. The zero-order chi connectivity index (χ0) is 15.2. The topological polar surface area (TPSA) is 28.4 Å². The summed E-state index contributed by atoms with van der Waals surface area (Å²) in [5.41, 5.74) is 1.33. The van der Waals surface area contributed by atoms with Gasteiger partial charge in [0.15, 0.2) is 0 Å². The molecule has 1 aromatic heterocycles. The predicted octanol–water partition coefficient (Wildman–Crippen LogP) is 3.65. The fraction of sp³-hybridized carbons (Fsp3) is 0.529. The van der Waals surface area contributed by atoms with E-state index in [4.69, 9.17) is 4.42 Å². The Morgan fingerprint density at radius 1 is 1.25 bits per heavy atom. The van der Waals surface area contributed by atoms with E-state index in [1.807, 2.05) is 19.1 Å². The molecular formula is C17H28N2O. The van der Waals surface area contributed by atoms with Gasteiger partial charge in [0.1, 0.15) is 11.5 Å². The largest absolute Gasteiger partial charge is 0.465 e. The standard InChI is InChI=1S/C17H28N2O/c1-7-9-19(10-8-2)13-15-11-16(20-14(15)3)12-18-17(4,5)6/h7-8,11,18H,1-2,9-10,12-13H2,3-6H3. The summed E-state index contributed by atoms with van der Waals surface area (Å²) in [6.07, 6.45) is 3.84. The molecule has 0 fully saturated rings. The Balaban J connectivity index is 2.68. The Kier molecular flexibility index (Phi) is 6.24. The highest BCUT2D eigenvalue weighted by molar-refractivity contribution is 5.21. The van der Waals surface area contributed by atoms with E-state index in [1.54, 1.807) is 0 Å². The molecule has 0 amide bonds. The second kappa shape index (κ2) is 7.46. The third-order valence-electron chi connectivity index (χ3n) is 3.03. The van der Waals surface area contributed by atoms with Crippen LogP contribution in [0.25, 0.3) is 0 Å². The maximum Gasteiger partial charge on any atom is 0.118 e. The Labute approximate surface area is 123 Å². The molecule has 0 aliphatic carbocycles. The lowest BCUT2D eigenvalue weighted by Crippen LogP contribution is -2.34. The van der Waals surface area contributed by atoms with Gasteiger partial charge >= 0.3 is 0 Å². The van der Waals surface area contributed by atoms with Crippen LogP contribution in [0.3, 0.4) is 0 Å². The summed E-state index contributed by atoms with van der Waals surface area (Å²) in [5.74, 6) is 1.98. The first-order chi connectivity index (χ1) is 9.35. The molecule has 3 heteroatoms. The molecule has 0 saturated carbocycles. The summed E-state index contributed by atoms with van der Waals surface area (Å²) >= 11 is 0. The van der Waals surface area contributed by atoms with Gasteiger partial charge in [-0.1, -0.05) is 12.2 Å². The Bertz CT molecular complexity index is 430. The van der Waals surface area contributed by atoms with E-state index in [2.05, 4.69) is 50.2 Å². The van der Waals surface area contributed by atoms with Crippen LogP contribution in [0, 0.1) is 6.92 Å². The third kappa shape index (κ3) is 5.76. The maximum atomic E-state index is 5.83. The number of rotatable bonds is 8. The van der Waals surface area contributed by atoms with E-state index >= 15 is 0 Å². The summed E-state index contributed by atoms with van der Waals surface area (Å²) in [6.45, 7) is 19.4. The molecule has 1 aromatic rings. The number of hydrogen-bond acceptors (Lipinski definition) is 3. The fourth-order valence-corrected chi connectivity index (χ4v) is 1.99. The van der Waals surface area contributed by atoms with E-state index in [9.17, 15) is 0 Å². The van der Waals surface area contributed by atoms with E-state index < -0.39 is 0 Å². The number of furan rings is 1. The molecular weight excluding hydrogens is 248 g/mol. The SMILES string of the molecule is C=CCN(CC=C)Cc1cc(CNC(C)(C)C)oc1C. The van der Waals surface area contributed by atoms with Gasteiger partial charge in [-0.2, -0.15) is 0 Å². The molecule has 0 atom stereocenters. The van der Waals surface area contributed by atoms with Crippen molar-refractivity contribution in [3.8, 4) is 0 Å². The molecule has 1 N–H and O–H groups in total. The second-order valence-electron chi connectivity index (χ2n) is 6.17.